The zero-order valence-corrected chi connectivity index (χ0v) is 13.9. The fraction of sp³-hybridized carbons (Fsp3) is 0.250. The molecule has 6 nitrogen and oxygen atoms in total. The lowest BCUT2D eigenvalue weighted by atomic mass is 10.1. The predicted octanol–water partition coefficient (Wildman–Crippen LogP) is 2.39. The van der Waals surface area contributed by atoms with Gasteiger partial charge in [-0.05, 0) is 18.7 Å². The molecule has 0 spiro atoms. The van der Waals surface area contributed by atoms with Gasteiger partial charge in [-0.25, -0.2) is 9.69 Å². The highest BCUT2D eigenvalue weighted by Crippen LogP contribution is 2.39. The second kappa shape index (κ2) is 6.00. The summed E-state index contributed by atoms with van der Waals surface area (Å²) in [5.74, 6) is 0.379. The maximum atomic E-state index is 12.4. The van der Waals surface area contributed by atoms with Gasteiger partial charge in [0.15, 0.2) is 11.6 Å². The molecule has 0 radical (unpaired) electrons. The highest BCUT2D eigenvalue weighted by atomic mass is 32.2. The van der Waals surface area contributed by atoms with Crippen LogP contribution in [0.4, 0.5) is 0 Å². The van der Waals surface area contributed by atoms with Gasteiger partial charge in [0.25, 0.3) is 0 Å². The minimum absolute atomic E-state index is 0.104. The van der Waals surface area contributed by atoms with Crippen LogP contribution in [0, 0.1) is 0 Å². The molecule has 2 aromatic rings. The van der Waals surface area contributed by atoms with Gasteiger partial charge in [-0.2, -0.15) is 0 Å². The number of allylic oxidation sites excluding steroid dienone is 1. The third-order valence-electron chi connectivity index (χ3n) is 3.48. The van der Waals surface area contributed by atoms with Gasteiger partial charge in [0.05, 0.1) is 10.6 Å². The van der Waals surface area contributed by atoms with Crippen molar-refractivity contribution in [1.29, 1.82) is 0 Å². The number of hydrogen-bond acceptors (Lipinski definition) is 5. The molecule has 1 aliphatic rings. The van der Waals surface area contributed by atoms with E-state index in [1.165, 1.54) is 30.6 Å². The Morgan fingerprint density at radius 2 is 1.83 bits per heavy atom. The van der Waals surface area contributed by atoms with Gasteiger partial charge in [0.1, 0.15) is 0 Å². The fourth-order valence-corrected chi connectivity index (χ4v) is 3.49. The lowest BCUT2D eigenvalue weighted by molar-refractivity contribution is -0.117. The number of rotatable bonds is 3. The maximum Gasteiger partial charge on any atom is 0.243 e. The van der Waals surface area contributed by atoms with E-state index >= 15 is 0 Å². The summed E-state index contributed by atoms with van der Waals surface area (Å²) in [7, 11) is 0. The first kappa shape index (κ1) is 15.5. The highest BCUT2D eigenvalue weighted by Gasteiger charge is 2.34. The first-order valence-corrected chi connectivity index (χ1v) is 8.10. The average molecular weight is 328 g/mol. The van der Waals surface area contributed by atoms with Gasteiger partial charge >= 0.3 is 0 Å². The second-order valence-corrected chi connectivity index (χ2v) is 6.07. The van der Waals surface area contributed by atoms with Gasteiger partial charge in [0.2, 0.25) is 11.1 Å². The third kappa shape index (κ3) is 2.57. The molecule has 0 unspecified atom stereocenters. The average Bonchev–Trinajstić information content (AvgIpc) is 2.96. The van der Waals surface area contributed by atoms with Gasteiger partial charge in [-0.15, -0.1) is 10.2 Å². The largest absolute Gasteiger partial charge is 0.294 e. The Hall–Kier alpha value is -2.41. The highest BCUT2D eigenvalue weighted by molar-refractivity contribution is 8.04. The summed E-state index contributed by atoms with van der Waals surface area (Å²) in [5, 5.41) is 10.3. The number of hydrogen-bond donors (Lipinski definition) is 0. The van der Waals surface area contributed by atoms with Crippen molar-refractivity contribution < 1.29 is 9.59 Å². The molecule has 0 saturated heterocycles. The summed E-state index contributed by atoms with van der Waals surface area (Å²) in [6.07, 6.45) is 0.634. The zero-order chi connectivity index (χ0) is 16.6. The molecular formula is C16H16N4O2S. The Balaban J connectivity index is 2.29. The Morgan fingerprint density at radius 3 is 2.39 bits per heavy atom. The van der Waals surface area contributed by atoms with Crippen LogP contribution < -0.4 is 5.01 Å². The standard InChI is InChI=1S/C16H16N4O2S/c1-4-13-17-18-16-20(13)19(11(3)22)14(15(23-16)10(2)21)12-8-6-5-7-9-12/h5-9H,4H2,1-3H3. The van der Waals surface area contributed by atoms with Crippen molar-refractivity contribution in [2.75, 3.05) is 5.01 Å². The number of amides is 1. The lowest BCUT2D eigenvalue weighted by Crippen LogP contribution is -2.41. The second-order valence-electron chi connectivity index (χ2n) is 5.10. The molecule has 0 atom stereocenters. The Morgan fingerprint density at radius 1 is 1.13 bits per heavy atom. The van der Waals surface area contributed by atoms with Crippen molar-refractivity contribution in [2.45, 2.75) is 32.3 Å². The van der Waals surface area contributed by atoms with Crippen LogP contribution in [0.1, 0.15) is 32.2 Å². The topological polar surface area (TPSA) is 68.1 Å². The molecule has 3 rings (SSSR count). The van der Waals surface area contributed by atoms with E-state index in [0.717, 1.165) is 5.56 Å². The number of carbonyl (C=O) groups is 2. The van der Waals surface area contributed by atoms with E-state index in [0.29, 0.717) is 28.0 Å². The summed E-state index contributed by atoms with van der Waals surface area (Å²) in [4.78, 5) is 25.0. The molecule has 7 heteroatoms. The Labute approximate surface area is 138 Å². The quantitative estimate of drug-likeness (QED) is 0.865. The minimum Gasteiger partial charge on any atom is -0.294 e. The van der Waals surface area contributed by atoms with Gasteiger partial charge in [-0.3, -0.25) is 9.59 Å². The van der Waals surface area contributed by atoms with Crippen molar-refractivity contribution in [3.8, 4) is 0 Å². The predicted molar refractivity (Wildman–Crippen MR) is 88.2 cm³/mol. The number of aromatic nitrogens is 3. The third-order valence-corrected chi connectivity index (χ3v) is 4.60. The molecule has 118 valence electrons. The van der Waals surface area contributed by atoms with E-state index in [9.17, 15) is 9.59 Å². The first-order valence-electron chi connectivity index (χ1n) is 7.28. The number of carbonyl (C=O) groups excluding carboxylic acids is 2. The van der Waals surface area contributed by atoms with Gasteiger partial charge in [0, 0.05) is 18.9 Å². The van der Waals surface area contributed by atoms with Crippen LogP contribution in [-0.2, 0) is 16.0 Å². The summed E-state index contributed by atoms with van der Waals surface area (Å²) in [6, 6.07) is 9.43. The summed E-state index contributed by atoms with van der Waals surface area (Å²) in [6.45, 7) is 4.92. The molecule has 0 aliphatic carbocycles. The molecule has 1 amide bonds. The zero-order valence-electron chi connectivity index (χ0n) is 13.1. The SMILES string of the molecule is CCc1nnc2n1N(C(C)=O)C(c1ccccc1)=C(C(C)=O)S2. The van der Waals surface area contributed by atoms with Crippen LogP contribution >= 0.6 is 11.8 Å². The summed E-state index contributed by atoms with van der Waals surface area (Å²) in [5.41, 5.74) is 1.39. The number of nitrogens with zero attached hydrogens (tertiary/aromatic N) is 4. The van der Waals surface area contributed by atoms with Crippen LogP contribution in [0.2, 0.25) is 0 Å². The van der Waals surface area contributed by atoms with E-state index in [-0.39, 0.29) is 11.7 Å². The van der Waals surface area contributed by atoms with E-state index in [1.807, 2.05) is 37.3 Å². The lowest BCUT2D eigenvalue weighted by Gasteiger charge is -2.32. The molecule has 2 heterocycles. The Bertz CT molecular complexity index is 811. The van der Waals surface area contributed by atoms with Crippen LogP contribution in [0.25, 0.3) is 5.70 Å². The molecule has 23 heavy (non-hydrogen) atoms. The van der Waals surface area contributed by atoms with Crippen molar-refractivity contribution in [3.63, 3.8) is 0 Å². The van der Waals surface area contributed by atoms with Crippen molar-refractivity contribution in [1.82, 2.24) is 14.9 Å². The van der Waals surface area contributed by atoms with Crippen LogP contribution in [0.5, 0.6) is 0 Å². The number of Topliss-reactive ketones (excluding diaryl/α,β-unsaturated/α-hetero) is 1. The summed E-state index contributed by atoms with van der Waals surface area (Å²) < 4.78 is 1.70. The van der Waals surface area contributed by atoms with Crippen molar-refractivity contribution in [3.05, 3.63) is 46.6 Å². The molecule has 0 bridgehead atoms. The first-order chi connectivity index (χ1) is 11.0. The van der Waals surface area contributed by atoms with Crippen LogP contribution in [0.3, 0.4) is 0 Å². The van der Waals surface area contributed by atoms with E-state index in [1.54, 1.807) is 4.68 Å². The number of fused-ring (bicyclic) bond motifs is 1. The molecule has 0 N–H and O–H groups in total. The maximum absolute atomic E-state index is 12.4. The van der Waals surface area contributed by atoms with Crippen molar-refractivity contribution >= 4 is 29.1 Å². The van der Waals surface area contributed by atoms with Crippen LogP contribution in [-0.4, -0.2) is 26.6 Å². The van der Waals surface area contributed by atoms with E-state index < -0.39 is 0 Å². The number of thioether (sulfide) groups is 1. The molecular weight excluding hydrogens is 312 g/mol. The Kier molecular flexibility index (Phi) is 4.04. The molecule has 1 aromatic heterocycles. The van der Waals surface area contributed by atoms with E-state index in [4.69, 9.17) is 0 Å². The van der Waals surface area contributed by atoms with Crippen LogP contribution in [0.15, 0.2) is 40.4 Å². The van der Waals surface area contributed by atoms with Gasteiger partial charge in [-0.1, -0.05) is 37.3 Å². The normalized spacial score (nSPS) is 14.0. The molecule has 0 fully saturated rings. The molecule has 0 saturated carbocycles. The summed E-state index contributed by atoms with van der Waals surface area (Å²) >= 11 is 1.25. The number of aryl methyl sites for hydroxylation is 1. The molecule has 1 aromatic carbocycles. The number of benzene rings is 1. The monoisotopic (exact) mass is 328 g/mol. The molecule has 1 aliphatic heterocycles. The van der Waals surface area contributed by atoms with E-state index in [2.05, 4.69) is 10.2 Å². The fourth-order valence-electron chi connectivity index (χ4n) is 2.50. The number of ketones is 1. The smallest absolute Gasteiger partial charge is 0.243 e. The van der Waals surface area contributed by atoms with Gasteiger partial charge < -0.3 is 0 Å². The minimum atomic E-state index is -0.196. The van der Waals surface area contributed by atoms with Crippen molar-refractivity contribution in [2.24, 2.45) is 0 Å².